The van der Waals surface area contributed by atoms with E-state index in [1.54, 1.807) is 0 Å². The molecule has 3 nitrogen and oxygen atoms in total. The van der Waals surface area contributed by atoms with E-state index in [2.05, 4.69) is 18.7 Å². The number of carbonyl (C=O) groups is 1. The van der Waals surface area contributed by atoms with Gasteiger partial charge in [0.15, 0.2) is 0 Å². The van der Waals surface area contributed by atoms with Crippen molar-refractivity contribution in [3.63, 3.8) is 0 Å². The molecule has 1 N–H and O–H groups in total. The van der Waals surface area contributed by atoms with Gasteiger partial charge in [0.05, 0.1) is 5.92 Å². The van der Waals surface area contributed by atoms with Crippen LogP contribution in [0.5, 0.6) is 0 Å². The molecule has 1 aliphatic carbocycles. The van der Waals surface area contributed by atoms with E-state index >= 15 is 0 Å². The monoisotopic (exact) mass is 295 g/mol. The van der Waals surface area contributed by atoms with E-state index in [4.69, 9.17) is 0 Å². The van der Waals surface area contributed by atoms with E-state index in [9.17, 15) is 9.90 Å². The molecule has 1 heterocycles. The van der Waals surface area contributed by atoms with Crippen molar-refractivity contribution >= 4 is 5.97 Å². The van der Waals surface area contributed by atoms with Crippen molar-refractivity contribution in [3.05, 3.63) is 0 Å². The lowest BCUT2D eigenvalue weighted by atomic mass is 9.75. The van der Waals surface area contributed by atoms with Crippen LogP contribution in [-0.2, 0) is 4.79 Å². The van der Waals surface area contributed by atoms with Gasteiger partial charge in [0.25, 0.3) is 0 Å². The topological polar surface area (TPSA) is 40.5 Å². The Balaban J connectivity index is 2.14. The summed E-state index contributed by atoms with van der Waals surface area (Å²) >= 11 is 0. The smallest absolute Gasteiger partial charge is 0.308 e. The Morgan fingerprint density at radius 1 is 1.14 bits per heavy atom. The van der Waals surface area contributed by atoms with Crippen molar-refractivity contribution in [3.8, 4) is 0 Å². The summed E-state index contributed by atoms with van der Waals surface area (Å²) in [5, 5.41) is 9.66. The molecule has 0 radical (unpaired) electrons. The van der Waals surface area contributed by atoms with Gasteiger partial charge in [0, 0.05) is 12.1 Å². The average Bonchev–Trinajstić information content (AvgIpc) is 2.72. The molecular weight excluding hydrogens is 262 g/mol. The molecule has 1 aliphatic heterocycles. The predicted octanol–water partition coefficient (Wildman–Crippen LogP) is 4.31. The van der Waals surface area contributed by atoms with Gasteiger partial charge in [-0.3, -0.25) is 9.69 Å². The fourth-order valence-electron chi connectivity index (χ4n) is 4.63. The molecule has 1 saturated carbocycles. The van der Waals surface area contributed by atoms with Gasteiger partial charge in [-0.15, -0.1) is 0 Å². The standard InChI is InChI=1S/C18H33NO2/c1-3-8-14-10-11-16(18(20)21)17(13-14)19-12-7-5-6-9-15(19)4-2/h14-17H,3-13H2,1-2H3,(H,20,21). The number of aliphatic carboxylic acids is 1. The third kappa shape index (κ3) is 4.21. The number of likely N-dealkylation sites (tertiary alicyclic amines) is 1. The van der Waals surface area contributed by atoms with Gasteiger partial charge in [-0.2, -0.15) is 0 Å². The van der Waals surface area contributed by atoms with E-state index in [0.29, 0.717) is 6.04 Å². The zero-order chi connectivity index (χ0) is 15.2. The van der Waals surface area contributed by atoms with Crippen LogP contribution >= 0.6 is 0 Å². The van der Waals surface area contributed by atoms with Crippen molar-refractivity contribution in [1.29, 1.82) is 0 Å². The molecule has 1 saturated heterocycles. The lowest BCUT2D eigenvalue weighted by Gasteiger charge is -2.44. The number of carboxylic acid groups (broad SMARTS) is 1. The summed E-state index contributed by atoms with van der Waals surface area (Å²) in [5.41, 5.74) is 0. The first kappa shape index (κ1) is 16.8. The third-order valence-electron chi connectivity index (χ3n) is 5.76. The molecule has 0 spiro atoms. The zero-order valence-electron chi connectivity index (χ0n) is 13.9. The molecule has 122 valence electrons. The Morgan fingerprint density at radius 3 is 2.62 bits per heavy atom. The summed E-state index contributed by atoms with van der Waals surface area (Å²) in [6.07, 6.45) is 11.9. The van der Waals surface area contributed by atoms with Crippen molar-refractivity contribution in [2.75, 3.05) is 6.54 Å². The fourth-order valence-corrected chi connectivity index (χ4v) is 4.63. The van der Waals surface area contributed by atoms with Crippen LogP contribution in [-0.4, -0.2) is 34.6 Å². The highest BCUT2D eigenvalue weighted by molar-refractivity contribution is 5.71. The van der Waals surface area contributed by atoms with Crippen LogP contribution in [0.15, 0.2) is 0 Å². The van der Waals surface area contributed by atoms with Crippen LogP contribution in [0.25, 0.3) is 0 Å². The first-order valence-electron chi connectivity index (χ1n) is 9.15. The van der Waals surface area contributed by atoms with Crippen molar-refractivity contribution in [2.24, 2.45) is 11.8 Å². The molecule has 0 aromatic heterocycles. The average molecular weight is 295 g/mol. The maximum atomic E-state index is 11.7. The maximum absolute atomic E-state index is 11.7. The van der Waals surface area contributed by atoms with Crippen LogP contribution in [0.3, 0.4) is 0 Å². The highest BCUT2D eigenvalue weighted by Crippen LogP contribution is 2.37. The molecular formula is C18H33NO2. The summed E-state index contributed by atoms with van der Waals surface area (Å²) < 4.78 is 0. The first-order valence-corrected chi connectivity index (χ1v) is 9.15. The van der Waals surface area contributed by atoms with Crippen LogP contribution in [0.2, 0.25) is 0 Å². The van der Waals surface area contributed by atoms with Gasteiger partial charge in [-0.25, -0.2) is 0 Å². The second kappa shape index (κ2) is 8.17. The molecule has 0 amide bonds. The Morgan fingerprint density at radius 2 is 1.95 bits per heavy atom. The lowest BCUT2D eigenvalue weighted by molar-refractivity contribution is -0.147. The van der Waals surface area contributed by atoms with E-state index in [0.717, 1.165) is 31.7 Å². The molecule has 3 heteroatoms. The molecule has 0 aromatic rings. The molecule has 21 heavy (non-hydrogen) atoms. The number of nitrogens with zero attached hydrogens (tertiary/aromatic N) is 1. The third-order valence-corrected chi connectivity index (χ3v) is 5.76. The van der Waals surface area contributed by atoms with Crippen LogP contribution in [0.4, 0.5) is 0 Å². The van der Waals surface area contributed by atoms with Crippen LogP contribution < -0.4 is 0 Å². The van der Waals surface area contributed by atoms with Crippen molar-refractivity contribution in [1.82, 2.24) is 4.90 Å². The summed E-state index contributed by atoms with van der Waals surface area (Å²) in [5.74, 6) is 0.0515. The fraction of sp³-hybridized carbons (Fsp3) is 0.944. The maximum Gasteiger partial charge on any atom is 0.308 e. The SMILES string of the molecule is CCCC1CCC(C(=O)O)C(N2CCCCCC2CC)C1. The van der Waals surface area contributed by atoms with Gasteiger partial charge in [0.1, 0.15) is 0 Å². The molecule has 4 atom stereocenters. The van der Waals surface area contributed by atoms with E-state index < -0.39 is 5.97 Å². The number of rotatable bonds is 5. The molecule has 2 fully saturated rings. The Kier molecular flexibility index (Phi) is 6.53. The summed E-state index contributed by atoms with van der Waals surface area (Å²) in [7, 11) is 0. The molecule has 2 rings (SSSR count). The van der Waals surface area contributed by atoms with E-state index in [1.165, 1.54) is 44.9 Å². The molecule has 4 unspecified atom stereocenters. The summed E-state index contributed by atoms with van der Waals surface area (Å²) in [6, 6.07) is 0.899. The van der Waals surface area contributed by atoms with E-state index in [-0.39, 0.29) is 12.0 Å². The van der Waals surface area contributed by atoms with Crippen molar-refractivity contribution in [2.45, 2.75) is 90.1 Å². The second-order valence-electron chi connectivity index (χ2n) is 7.13. The first-order chi connectivity index (χ1) is 10.2. The van der Waals surface area contributed by atoms with Gasteiger partial charge in [-0.1, -0.05) is 39.5 Å². The molecule has 0 bridgehead atoms. The molecule has 2 aliphatic rings. The number of hydrogen-bond acceptors (Lipinski definition) is 2. The van der Waals surface area contributed by atoms with Crippen molar-refractivity contribution < 1.29 is 9.90 Å². The summed E-state index contributed by atoms with van der Waals surface area (Å²) in [6.45, 7) is 5.63. The predicted molar refractivity (Wildman–Crippen MR) is 86.4 cm³/mol. The minimum absolute atomic E-state index is 0.134. The zero-order valence-corrected chi connectivity index (χ0v) is 13.9. The Labute approximate surface area is 130 Å². The largest absolute Gasteiger partial charge is 0.481 e. The van der Waals surface area contributed by atoms with E-state index in [1.807, 2.05) is 0 Å². The Bertz CT molecular complexity index is 331. The van der Waals surface area contributed by atoms with Crippen LogP contribution in [0, 0.1) is 11.8 Å². The van der Waals surface area contributed by atoms with Gasteiger partial charge >= 0.3 is 5.97 Å². The minimum atomic E-state index is -0.561. The number of hydrogen-bond donors (Lipinski definition) is 1. The highest BCUT2D eigenvalue weighted by atomic mass is 16.4. The normalized spacial score (nSPS) is 35.3. The molecule has 0 aromatic carbocycles. The lowest BCUT2D eigenvalue weighted by Crippen LogP contribution is -2.51. The Hall–Kier alpha value is -0.570. The summed E-state index contributed by atoms with van der Waals surface area (Å²) in [4.78, 5) is 14.3. The minimum Gasteiger partial charge on any atom is -0.481 e. The number of carboxylic acids is 1. The van der Waals surface area contributed by atoms with Crippen LogP contribution in [0.1, 0.15) is 78.1 Å². The quantitative estimate of drug-likeness (QED) is 0.821. The van der Waals surface area contributed by atoms with Gasteiger partial charge < -0.3 is 5.11 Å². The second-order valence-corrected chi connectivity index (χ2v) is 7.13. The van der Waals surface area contributed by atoms with Gasteiger partial charge in [-0.05, 0) is 51.0 Å². The highest BCUT2D eigenvalue weighted by Gasteiger charge is 2.40. The van der Waals surface area contributed by atoms with Gasteiger partial charge in [0.2, 0.25) is 0 Å².